The SMILES string of the molecule is CCCCCCCC[S+]([O-])C(C)Cc1ccc2c(c1)OCO2.O=C(O)CN[C@H](CS)C(=O)O. The lowest BCUT2D eigenvalue weighted by atomic mass is 10.1. The van der Waals surface area contributed by atoms with Gasteiger partial charge in [0.15, 0.2) is 11.5 Å². The largest absolute Gasteiger partial charge is 0.616 e. The molecule has 3 N–H and O–H groups in total. The number of carbonyl (C=O) groups is 2. The normalized spacial score (nSPS) is 14.7. The molecule has 1 heterocycles. The van der Waals surface area contributed by atoms with Gasteiger partial charge < -0.3 is 24.2 Å². The fourth-order valence-electron chi connectivity index (χ4n) is 3.16. The molecule has 1 aromatic rings. The van der Waals surface area contributed by atoms with Crippen molar-refractivity contribution in [2.24, 2.45) is 0 Å². The van der Waals surface area contributed by atoms with Crippen LogP contribution in [-0.2, 0) is 27.2 Å². The van der Waals surface area contributed by atoms with Gasteiger partial charge >= 0.3 is 11.9 Å². The summed E-state index contributed by atoms with van der Waals surface area (Å²) >= 11 is 2.98. The van der Waals surface area contributed by atoms with Crippen LogP contribution in [0.5, 0.6) is 11.5 Å². The van der Waals surface area contributed by atoms with Crippen molar-refractivity contribution in [2.45, 2.75) is 70.1 Å². The summed E-state index contributed by atoms with van der Waals surface area (Å²) in [5.41, 5.74) is 1.17. The van der Waals surface area contributed by atoms with Gasteiger partial charge in [0.25, 0.3) is 0 Å². The minimum absolute atomic E-state index is 0.0720. The summed E-state index contributed by atoms with van der Waals surface area (Å²) in [5, 5.41) is 19.0. The Hall–Kier alpha value is -1.62. The predicted octanol–water partition coefficient (Wildman–Crippen LogP) is 3.50. The van der Waals surface area contributed by atoms with E-state index in [1.54, 1.807) is 0 Å². The molecular formula is C23H37NO7S2. The highest BCUT2D eigenvalue weighted by Gasteiger charge is 2.20. The second-order valence-electron chi connectivity index (χ2n) is 7.90. The molecule has 2 rings (SSSR count). The van der Waals surface area contributed by atoms with Crippen LogP contribution in [0.4, 0.5) is 0 Å². The van der Waals surface area contributed by atoms with Crippen LogP contribution in [0.1, 0.15) is 57.9 Å². The van der Waals surface area contributed by atoms with Crippen LogP contribution in [0.25, 0.3) is 0 Å². The number of carboxylic acid groups (broad SMARTS) is 2. The third-order valence-corrected chi connectivity index (χ3v) is 7.21. The van der Waals surface area contributed by atoms with Crippen LogP contribution in [-0.4, -0.2) is 62.8 Å². The summed E-state index contributed by atoms with van der Waals surface area (Å²) in [4.78, 5) is 20.2. The third-order valence-electron chi connectivity index (χ3n) is 5.09. The first-order valence-electron chi connectivity index (χ1n) is 11.3. The highest BCUT2D eigenvalue weighted by Crippen LogP contribution is 2.33. The highest BCUT2D eigenvalue weighted by atomic mass is 32.2. The monoisotopic (exact) mass is 503 g/mol. The summed E-state index contributed by atoms with van der Waals surface area (Å²) in [6.45, 7) is 4.25. The molecule has 1 aliphatic heterocycles. The Kier molecular flexibility index (Phi) is 15.1. The predicted molar refractivity (Wildman–Crippen MR) is 133 cm³/mol. The van der Waals surface area contributed by atoms with Gasteiger partial charge in [-0.3, -0.25) is 14.9 Å². The number of fused-ring (bicyclic) bond motifs is 1. The Morgan fingerprint density at radius 2 is 1.82 bits per heavy atom. The third kappa shape index (κ3) is 12.4. The van der Waals surface area contributed by atoms with Crippen LogP contribution in [0.2, 0.25) is 0 Å². The molecule has 0 aromatic heterocycles. The number of hydrogen-bond donors (Lipinski definition) is 4. The maximum absolute atomic E-state index is 12.3. The number of hydrogen-bond acceptors (Lipinski definition) is 7. The van der Waals surface area contributed by atoms with Gasteiger partial charge in [-0.1, -0.05) is 49.8 Å². The van der Waals surface area contributed by atoms with Crippen LogP contribution < -0.4 is 14.8 Å². The van der Waals surface area contributed by atoms with Gasteiger partial charge in [-0.25, -0.2) is 0 Å². The second-order valence-corrected chi connectivity index (χ2v) is 10.2. The van der Waals surface area contributed by atoms with E-state index in [0.29, 0.717) is 6.79 Å². The van der Waals surface area contributed by atoms with E-state index in [-0.39, 0.29) is 17.5 Å². The standard InChI is InChI=1S/C18H28O3S.C5H9NO4S/c1-3-4-5-6-7-8-11-22(19)15(2)12-16-9-10-17-18(13-16)21-14-20-17;7-4(8)1-6-3(2-11)5(9)10/h9-10,13,15H,3-8,11-12,14H2,1-2H3;3,6,11H,1-2H2,(H,7,8)(H,9,10)/t;3-/m.1/s1. The first-order valence-corrected chi connectivity index (χ1v) is 13.3. The van der Waals surface area contributed by atoms with Crippen molar-refractivity contribution in [3.8, 4) is 11.5 Å². The zero-order chi connectivity index (χ0) is 24.6. The van der Waals surface area contributed by atoms with E-state index >= 15 is 0 Å². The minimum Gasteiger partial charge on any atom is -0.616 e. The average Bonchev–Trinajstić information content (AvgIpc) is 3.24. The number of ether oxygens (including phenoxy) is 2. The topological polar surface area (TPSA) is 128 Å². The van der Waals surface area contributed by atoms with Crippen molar-refractivity contribution in [2.75, 3.05) is 24.8 Å². The molecule has 8 nitrogen and oxygen atoms in total. The number of rotatable bonds is 15. The first-order chi connectivity index (χ1) is 15.8. The molecular weight excluding hydrogens is 466 g/mol. The maximum atomic E-state index is 12.3. The first kappa shape index (κ1) is 29.4. The highest BCUT2D eigenvalue weighted by molar-refractivity contribution is 7.92. The van der Waals surface area contributed by atoms with Gasteiger partial charge in [0.05, 0.1) is 6.54 Å². The van der Waals surface area contributed by atoms with E-state index in [9.17, 15) is 14.1 Å². The average molecular weight is 504 g/mol. The summed E-state index contributed by atoms with van der Waals surface area (Å²) in [6, 6.07) is 5.11. The molecule has 0 aliphatic carbocycles. The number of carboxylic acids is 2. The lowest BCUT2D eigenvalue weighted by Crippen LogP contribution is -2.40. The van der Waals surface area contributed by atoms with Crippen molar-refractivity contribution in [3.63, 3.8) is 0 Å². The van der Waals surface area contributed by atoms with Gasteiger partial charge in [0.1, 0.15) is 17.0 Å². The number of unbranched alkanes of at least 4 members (excludes halogenated alkanes) is 5. The molecule has 3 atom stereocenters. The molecule has 0 fully saturated rings. The molecule has 1 aliphatic rings. The molecule has 0 saturated heterocycles. The molecule has 0 spiro atoms. The van der Waals surface area contributed by atoms with Crippen LogP contribution in [0, 0.1) is 0 Å². The molecule has 0 saturated carbocycles. The van der Waals surface area contributed by atoms with Crippen LogP contribution >= 0.6 is 12.6 Å². The molecule has 10 heteroatoms. The number of nitrogens with one attached hydrogen (secondary N) is 1. The summed E-state index contributed by atoms with van der Waals surface area (Å²) in [7, 11) is 0. The van der Waals surface area contributed by atoms with E-state index in [4.69, 9.17) is 19.7 Å². The molecule has 33 heavy (non-hydrogen) atoms. The maximum Gasteiger partial charge on any atom is 0.321 e. The van der Waals surface area contributed by atoms with E-state index in [1.807, 2.05) is 18.2 Å². The summed E-state index contributed by atoms with van der Waals surface area (Å²) in [6.07, 6.45) is 8.32. The Bertz CT molecular complexity index is 720. The number of thiol groups is 1. The number of aliphatic carboxylic acids is 2. The van der Waals surface area contributed by atoms with E-state index in [1.165, 1.54) is 37.7 Å². The van der Waals surface area contributed by atoms with Gasteiger partial charge in [-0.2, -0.15) is 12.6 Å². The van der Waals surface area contributed by atoms with E-state index < -0.39 is 29.2 Å². The Balaban J connectivity index is 0.000000420. The minimum atomic E-state index is -1.10. The number of benzene rings is 1. The molecule has 2 unspecified atom stereocenters. The van der Waals surface area contributed by atoms with Crippen molar-refractivity contribution >= 4 is 35.7 Å². The van der Waals surface area contributed by atoms with Gasteiger partial charge in [-0.05, 0) is 37.5 Å². The molecule has 0 amide bonds. The van der Waals surface area contributed by atoms with Crippen LogP contribution in [0.3, 0.4) is 0 Å². The van der Waals surface area contributed by atoms with Crippen molar-refractivity contribution in [3.05, 3.63) is 23.8 Å². The Morgan fingerprint density at radius 3 is 2.45 bits per heavy atom. The Morgan fingerprint density at radius 1 is 1.15 bits per heavy atom. The Labute approximate surface area is 205 Å². The second kappa shape index (κ2) is 16.9. The van der Waals surface area contributed by atoms with E-state index in [2.05, 4.69) is 31.8 Å². The fourth-order valence-corrected chi connectivity index (χ4v) is 4.71. The van der Waals surface area contributed by atoms with Crippen molar-refractivity contribution < 1.29 is 33.8 Å². The van der Waals surface area contributed by atoms with Gasteiger partial charge in [0.2, 0.25) is 6.79 Å². The summed E-state index contributed by atoms with van der Waals surface area (Å²) < 4.78 is 23.0. The van der Waals surface area contributed by atoms with Crippen molar-refractivity contribution in [1.29, 1.82) is 0 Å². The van der Waals surface area contributed by atoms with Crippen LogP contribution in [0.15, 0.2) is 18.2 Å². The fraction of sp³-hybridized carbons (Fsp3) is 0.652. The van der Waals surface area contributed by atoms with Gasteiger partial charge in [0, 0.05) is 12.2 Å². The smallest absolute Gasteiger partial charge is 0.321 e. The molecule has 1 aromatic carbocycles. The zero-order valence-electron chi connectivity index (χ0n) is 19.5. The van der Waals surface area contributed by atoms with Crippen molar-refractivity contribution in [1.82, 2.24) is 5.32 Å². The van der Waals surface area contributed by atoms with Gasteiger partial charge in [-0.15, -0.1) is 0 Å². The molecule has 0 radical (unpaired) electrons. The van der Waals surface area contributed by atoms with E-state index in [0.717, 1.165) is 30.1 Å². The summed E-state index contributed by atoms with van der Waals surface area (Å²) in [5.74, 6) is 0.343. The lowest BCUT2D eigenvalue weighted by Gasteiger charge is -2.18. The molecule has 188 valence electrons. The quantitative estimate of drug-likeness (QED) is 0.163. The lowest BCUT2D eigenvalue weighted by molar-refractivity contribution is -0.139. The molecule has 0 bridgehead atoms. The zero-order valence-corrected chi connectivity index (χ0v) is 21.2.